The number of hydrogen-bond acceptors (Lipinski definition) is 5. The normalized spacial score (nSPS) is 12.9. The molecule has 2 aromatic rings. The number of amides is 3. The van der Waals surface area contributed by atoms with Crippen LogP contribution in [0, 0.1) is 0 Å². The van der Waals surface area contributed by atoms with Crippen molar-refractivity contribution < 1.29 is 19.2 Å². The van der Waals surface area contributed by atoms with Gasteiger partial charge in [0.15, 0.2) is 5.12 Å². The molecule has 0 bridgehead atoms. The van der Waals surface area contributed by atoms with Crippen molar-refractivity contribution in [1.82, 2.24) is 16.0 Å². The second-order valence-corrected chi connectivity index (χ2v) is 13.8. The lowest BCUT2D eigenvalue weighted by Gasteiger charge is -2.26. The topological polar surface area (TPSA) is 104 Å². The fourth-order valence-electron chi connectivity index (χ4n) is 5.47. The quantitative estimate of drug-likeness (QED) is 0.101. The molecule has 3 atom stereocenters. The first-order valence-corrected chi connectivity index (χ1v) is 18.3. The molecule has 0 heterocycles. The maximum Gasteiger partial charge on any atom is 0.244 e. The molecule has 0 spiro atoms. The number of rotatable bonds is 24. The molecule has 2 aromatic carbocycles. The van der Waals surface area contributed by atoms with Crippen LogP contribution in [-0.4, -0.2) is 40.2 Å². The average molecular weight is 652 g/mol. The van der Waals surface area contributed by atoms with Gasteiger partial charge in [0.05, 0.1) is 0 Å². The van der Waals surface area contributed by atoms with Crippen molar-refractivity contribution in [1.29, 1.82) is 0 Å². The molecule has 0 fully saturated rings. The molecule has 3 amide bonds. The Morgan fingerprint density at radius 2 is 1.15 bits per heavy atom. The van der Waals surface area contributed by atoms with E-state index in [4.69, 9.17) is 0 Å². The summed E-state index contributed by atoms with van der Waals surface area (Å²) in [7, 11) is 0. The minimum Gasteiger partial charge on any atom is -0.350 e. The van der Waals surface area contributed by atoms with Crippen molar-refractivity contribution >= 4 is 34.6 Å². The van der Waals surface area contributed by atoms with Gasteiger partial charge >= 0.3 is 0 Å². The van der Waals surface area contributed by atoms with Crippen LogP contribution in [-0.2, 0) is 32.1 Å². The number of nitrogens with one attached hydrogen (secondary N) is 3. The van der Waals surface area contributed by atoms with Crippen LogP contribution in [0.3, 0.4) is 0 Å². The zero-order valence-corrected chi connectivity index (χ0v) is 29.2. The molecule has 0 aliphatic heterocycles. The zero-order chi connectivity index (χ0) is 33.4. The van der Waals surface area contributed by atoms with Gasteiger partial charge in [-0.15, -0.1) is 0 Å². The molecule has 0 aliphatic carbocycles. The van der Waals surface area contributed by atoms with Crippen molar-refractivity contribution in [2.45, 2.75) is 141 Å². The van der Waals surface area contributed by atoms with Crippen LogP contribution in [0.15, 0.2) is 60.7 Å². The maximum atomic E-state index is 13.5. The molecular weight excluding hydrogens is 595 g/mol. The number of carbonyl (C=O) groups is 4. The van der Waals surface area contributed by atoms with Crippen LogP contribution < -0.4 is 16.0 Å². The molecule has 0 saturated heterocycles. The Bertz CT molecular complexity index is 1150. The monoisotopic (exact) mass is 651 g/mol. The van der Waals surface area contributed by atoms with Gasteiger partial charge in [-0.3, -0.25) is 19.2 Å². The second-order valence-electron chi connectivity index (χ2n) is 12.3. The minimum absolute atomic E-state index is 0.0216. The standard InChI is InChI=1S/C38H57N3O4S/c1-4-5-6-7-8-9-10-11-12-13-14-15-22-27-35(43)46-30(2)36(38(45)39-29-33-25-20-17-21-26-33)41-37(44)34(40-31(3)42)28-32-23-18-16-19-24-32/h16-21,23-26,30,34,36H,4-15,22,27-29H2,1-3H3,(H,39,45)(H,40,42)(H,41,44)/t30-,34+,36+/m1/s1. The molecule has 0 aromatic heterocycles. The van der Waals surface area contributed by atoms with Crippen molar-refractivity contribution in [3.05, 3.63) is 71.8 Å². The van der Waals surface area contributed by atoms with Gasteiger partial charge in [-0.25, -0.2) is 0 Å². The summed E-state index contributed by atoms with van der Waals surface area (Å²) in [5.74, 6) is -1.17. The third-order valence-corrected chi connectivity index (χ3v) is 9.25. The number of thioether (sulfide) groups is 1. The highest BCUT2D eigenvalue weighted by Crippen LogP contribution is 2.21. The maximum absolute atomic E-state index is 13.5. The molecule has 254 valence electrons. The van der Waals surface area contributed by atoms with E-state index in [1.165, 1.54) is 71.1 Å². The summed E-state index contributed by atoms with van der Waals surface area (Å²) in [6.07, 6.45) is 16.9. The smallest absolute Gasteiger partial charge is 0.244 e. The van der Waals surface area contributed by atoms with E-state index >= 15 is 0 Å². The third kappa shape index (κ3) is 17.5. The Morgan fingerprint density at radius 3 is 1.67 bits per heavy atom. The van der Waals surface area contributed by atoms with Gasteiger partial charge in [0.1, 0.15) is 12.1 Å². The Hall–Kier alpha value is -3.13. The molecule has 46 heavy (non-hydrogen) atoms. The molecule has 0 saturated carbocycles. The Balaban J connectivity index is 1.86. The number of hydrogen-bond donors (Lipinski definition) is 3. The van der Waals surface area contributed by atoms with Gasteiger partial charge < -0.3 is 16.0 Å². The third-order valence-electron chi connectivity index (χ3n) is 8.14. The number of unbranched alkanes of at least 4 members (excludes halogenated alkanes) is 12. The van der Waals surface area contributed by atoms with Crippen LogP contribution in [0.1, 0.15) is 122 Å². The summed E-state index contributed by atoms with van der Waals surface area (Å²) >= 11 is 1.11. The highest BCUT2D eigenvalue weighted by molar-refractivity contribution is 8.14. The first-order chi connectivity index (χ1) is 22.3. The van der Waals surface area contributed by atoms with Gasteiger partial charge in [0.25, 0.3) is 0 Å². The molecule has 0 radical (unpaired) electrons. The highest BCUT2D eigenvalue weighted by Gasteiger charge is 2.31. The van der Waals surface area contributed by atoms with E-state index in [1.807, 2.05) is 60.7 Å². The summed E-state index contributed by atoms with van der Waals surface area (Å²) in [6, 6.07) is 17.1. The average Bonchev–Trinajstić information content (AvgIpc) is 3.05. The Labute approximate surface area is 281 Å². The first-order valence-electron chi connectivity index (χ1n) is 17.4. The lowest BCUT2D eigenvalue weighted by Crippen LogP contribution is -2.57. The van der Waals surface area contributed by atoms with Crippen molar-refractivity contribution in [3.8, 4) is 0 Å². The van der Waals surface area contributed by atoms with E-state index in [1.54, 1.807) is 6.92 Å². The second kappa shape index (κ2) is 24.1. The van der Waals surface area contributed by atoms with E-state index in [9.17, 15) is 19.2 Å². The highest BCUT2D eigenvalue weighted by atomic mass is 32.2. The van der Waals surface area contributed by atoms with Crippen LogP contribution in [0.25, 0.3) is 0 Å². The first kappa shape index (κ1) is 39.1. The van der Waals surface area contributed by atoms with Gasteiger partial charge in [-0.2, -0.15) is 0 Å². The lowest BCUT2D eigenvalue weighted by molar-refractivity contribution is -0.131. The molecule has 8 heteroatoms. The fourth-order valence-corrected chi connectivity index (χ4v) is 6.48. The predicted molar refractivity (Wildman–Crippen MR) is 190 cm³/mol. The van der Waals surface area contributed by atoms with Crippen LogP contribution in [0.4, 0.5) is 0 Å². The largest absolute Gasteiger partial charge is 0.350 e. The molecule has 3 N–H and O–H groups in total. The van der Waals surface area contributed by atoms with Gasteiger partial charge in [0.2, 0.25) is 17.7 Å². The SMILES string of the molecule is CCCCCCCCCCCCCCCC(=O)S[C@H](C)[C@H](NC(=O)[C@H](Cc1ccccc1)NC(C)=O)C(=O)NCc1ccccc1. The molecular formula is C38H57N3O4S. The summed E-state index contributed by atoms with van der Waals surface area (Å²) in [4.78, 5) is 51.8. The van der Waals surface area contributed by atoms with Crippen LogP contribution >= 0.6 is 11.8 Å². The van der Waals surface area contributed by atoms with Gasteiger partial charge in [-0.05, 0) is 17.5 Å². The summed E-state index contributed by atoms with van der Waals surface area (Å²) < 4.78 is 0. The van der Waals surface area contributed by atoms with Crippen molar-refractivity contribution in [3.63, 3.8) is 0 Å². The molecule has 0 unspecified atom stereocenters. The number of carbonyl (C=O) groups excluding carboxylic acids is 4. The summed E-state index contributed by atoms with van der Waals surface area (Å²) in [5, 5.41) is 8.03. The zero-order valence-electron chi connectivity index (χ0n) is 28.4. The van der Waals surface area contributed by atoms with Crippen LogP contribution in [0.5, 0.6) is 0 Å². The molecule has 7 nitrogen and oxygen atoms in total. The number of benzene rings is 2. The van der Waals surface area contributed by atoms with E-state index in [2.05, 4.69) is 22.9 Å². The van der Waals surface area contributed by atoms with E-state index in [0.29, 0.717) is 13.0 Å². The van der Waals surface area contributed by atoms with Crippen LogP contribution in [0.2, 0.25) is 0 Å². The van der Waals surface area contributed by atoms with Gasteiger partial charge in [0, 0.05) is 31.6 Å². The summed E-state index contributed by atoms with van der Waals surface area (Å²) in [5.41, 5.74) is 1.82. The minimum atomic E-state index is -0.955. The van der Waals surface area contributed by atoms with Gasteiger partial charge in [-0.1, -0.05) is 163 Å². The lowest BCUT2D eigenvalue weighted by atomic mass is 10.0. The Kier molecular flexibility index (Phi) is 20.5. The van der Waals surface area contributed by atoms with E-state index < -0.39 is 23.2 Å². The van der Waals surface area contributed by atoms with E-state index in [0.717, 1.165) is 42.2 Å². The molecule has 2 rings (SSSR count). The van der Waals surface area contributed by atoms with Crippen molar-refractivity contribution in [2.75, 3.05) is 0 Å². The van der Waals surface area contributed by atoms with E-state index in [-0.39, 0.29) is 23.4 Å². The van der Waals surface area contributed by atoms with Crippen molar-refractivity contribution in [2.24, 2.45) is 0 Å². The molecule has 0 aliphatic rings. The Morgan fingerprint density at radius 1 is 0.652 bits per heavy atom. The fraction of sp³-hybridized carbons (Fsp3) is 0.579. The predicted octanol–water partition coefficient (Wildman–Crippen LogP) is 7.66. The summed E-state index contributed by atoms with van der Waals surface area (Å²) in [6.45, 7) is 5.71.